The number of nitrogens with zero attached hydrogens (tertiary/aromatic N) is 3. The molecule has 4 rings (SSSR count). The van der Waals surface area contributed by atoms with Gasteiger partial charge in [0.1, 0.15) is 10.8 Å². The third kappa shape index (κ3) is 5.40. The number of pyridine rings is 1. The number of rotatable bonds is 5. The number of urea groups is 1. The van der Waals surface area contributed by atoms with Crippen LogP contribution in [0.2, 0.25) is 0 Å². The maximum absolute atomic E-state index is 12.4. The lowest BCUT2D eigenvalue weighted by Gasteiger charge is -2.30. The first-order valence-electron chi connectivity index (χ1n) is 9.91. The summed E-state index contributed by atoms with van der Waals surface area (Å²) in [7, 11) is 0. The van der Waals surface area contributed by atoms with Gasteiger partial charge < -0.3 is 5.32 Å². The van der Waals surface area contributed by atoms with E-state index in [4.69, 9.17) is 0 Å². The molecule has 29 heavy (non-hydrogen) atoms. The van der Waals surface area contributed by atoms with Crippen molar-refractivity contribution in [3.05, 3.63) is 59.7 Å². The second kappa shape index (κ2) is 9.15. The molecule has 1 aromatic carbocycles. The van der Waals surface area contributed by atoms with Crippen molar-refractivity contribution < 1.29 is 4.79 Å². The molecule has 2 N–H and O–H groups in total. The zero-order chi connectivity index (χ0) is 20.1. The Morgan fingerprint density at radius 2 is 1.97 bits per heavy atom. The molecule has 1 saturated heterocycles. The molecule has 0 saturated carbocycles. The van der Waals surface area contributed by atoms with E-state index in [0.717, 1.165) is 41.8 Å². The average Bonchev–Trinajstić information content (AvgIpc) is 3.19. The Labute approximate surface area is 175 Å². The summed E-state index contributed by atoms with van der Waals surface area (Å²) in [6.45, 7) is 5.53. The van der Waals surface area contributed by atoms with Crippen LogP contribution in [-0.2, 0) is 6.54 Å². The van der Waals surface area contributed by atoms with Gasteiger partial charge >= 0.3 is 6.03 Å². The van der Waals surface area contributed by atoms with Crippen molar-refractivity contribution in [2.24, 2.45) is 5.92 Å². The number of hydrogen-bond donors (Lipinski definition) is 2. The molecule has 2 aromatic heterocycles. The molecule has 3 aromatic rings. The molecule has 1 fully saturated rings. The number of carbonyl (C=O) groups excluding carboxylic acids is 1. The standard InChI is InChI=1S/C22H25N5OS/c1-16-7-11-27(12-8-16)14-17-3-2-4-19(13-17)24-22(28)26-20-15-29-21(25-20)18-5-9-23-10-6-18/h2-6,9-10,13,15-16H,7-8,11-12,14H2,1H3,(H2,24,26,28). The minimum Gasteiger partial charge on any atom is -0.308 e. The molecule has 2 amide bonds. The number of likely N-dealkylation sites (tertiary alicyclic amines) is 1. The predicted molar refractivity (Wildman–Crippen MR) is 118 cm³/mol. The molecule has 0 radical (unpaired) electrons. The van der Waals surface area contributed by atoms with Gasteiger partial charge in [-0.1, -0.05) is 19.1 Å². The summed E-state index contributed by atoms with van der Waals surface area (Å²) in [5.74, 6) is 1.37. The first-order chi connectivity index (χ1) is 14.2. The quantitative estimate of drug-likeness (QED) is 0.619. The summed E-state index contributed by atoms with van der Waals surface area (Å²) >= 11 is 1.49. The van der Waals surface area contributed by atoms with Gasteiger partial charge in [0, 0.05) is 35.6 Å². The predicted octanol–water partition coefficient (Wildman–Crippen LogP) is 5.08. The number of nitrogens with one attached hydrogen (secondary N) is 2. The fraction of sp³-hybridized carbons (Fsp3) is 0.318. The minimum absolute atomic E-state index is 0.291. The number of hydrogen-bond acceptors (Lipinski definition) is 5. The molecule has 0 atom stereocenters. The minimum atomic E-state index is -0.291. The van der Waals surface area contributed by atoms with Crippen LogP contribution in [0.25, 0.3) is 10.6 Å². The monoisotopic (exact) mass is 407 g/mol. The maximum Gasteiger partial charge on any atom is 0.324 e. The summed E-state index contributed by atoms with van der Waals surface area (Å²) in [6, 6.07) is 11.6. The van der Waals surface area contributed by atoms with Crippen molar-refractivity contribution >= 4 is 28.9 Å². The molecule has 0 aliphatic carbocycles. The molecular formula is C22H25N5OS. The lowest BCUT2D eigenvalue weighted by molar-refractivity contribution is 0.185. The highest BCUT2D eigenvalue weighted by Crippen LogP contribution is 2.25. The fourth-order valence-corrected chi connectivity index (χ4v) is 4.22. The highest BCUT2D eigenvalue weighted by Gasteiger charge is 2.16. The van der Waals surface area contributed by atoms with Crippen LogP contribution in [-0.4, -0.2) is 34.0 Å². The van der Waals surface area contributed by atoms with Crippen molar-refractivity contribution in [3.8, 4) is 10.6 Å². The third-order valence-corrected chi connectivity index (χ3v) is 6.03. The zero-order valence-corrected chi connectivity index (χ0v) is 17.3. The number of benzene rings is 1. The molecule has 0 spiro atoms. The van der Waals surface area contributed by atoms with E-state index in [1.807, 2.05) is 35.7 Å². The number of aromatic nitrogens is 2. The van der Waals surface area contributed by atoms with Crippen LogP contribution in [0.4, 0.5) is 16.3 Å². The molecule has 3 heterocycles. The largest absolute Gasteiger partial charge is 0.324 e. The number of anilines is 2. The average molecular weight is 408 g/mol. The fourth-order valence-electron chi connectivity index (χ4n) is 3.46. The summed E-state index contributed by atoms with van der Waals surface area (Å²) in [5, 5.41) is 8.40. The highest BCUT2D eigenvalue weighted by molar-refractivity contribution is 7.13. The molecule has 1 aliphatic rings. The van der Waals surface area contributed by atoms with Gasteiger partial charge in [0.2, 0.25) is 0 Å². The smallest absolute Gasteiger partial charge is 0.308 e. The Morgan fingerprint density at radius 1 is 1.17 bits per heavy atom. The zero-order valence-electron chi connectivity index (χ0n) is 16.5. The van der Waals surface area contributed by atoms with Crippen LogP contribution in [0.15, 0.2) is 54.2 Å². The first-order valence-corrected chi connectivity index (χ1v) is 10.8. The number of piperidine rings is 1. The van der Waals surface area contributed by atoms with Gasteiger partial charge in [0.15, 0.2) is 0 Å². The third-order valence-electron chi connectivity index (χ3n) is 5.14. The lowest BCUT2D eigenvalue weighted by Crippen LogP contribution is -2.32. The molecule has 7 heteroatoms. The molecule has 150 valence electrons. The Hall–Kier alpha value is -2.77. The van der Waals surface area contributed by atoms with Gasteiger partial charge in [-0.2, -0.15) is 0 Å². The second-order valence-electron chi connectivity index (χ2n) is 7.51. The van der Waals surface area contributed by atoms with E-state index < -0.39 is 0 Å². The Kier molecular flexibility index (Phi) is 6.17. The van der Waals surface area contributed by atoms with Crippen molar-refractivity contribution in [2.45, 2.75) is 26.3 Å². The van der Waals surface area contributed by atoms with Gasteiger partial charge in [-0.25, -0.2) is 9.78 Å². The van der Waals surface area contributed by atoms with E-state index in [1.165, 1.54) is 29.7 Å². The van der Waals surface area contributed by atoms with Crippen molar-refractivity contribution in [1.29, 1.82) is 0 Å². The Balaban J connectivity index is 1.33. The van der Waals surface area contributed by atoms with Crippen LogP contribution in [0.1, 0.15) is 25.3 Å². The second-order valence-corrected chi connectivity index (χ2v) is 8.37. The van der Waals surface area contributed by atoms with Gasteiger partial charge in [0.25, 0.3) is 0 Å². The van der Waals surface area contributed by atoms with Crippen LogP contribution in [0, 0.1) is 5.92 Å². The van der Waals surface area contributed by atoms with Crippen molar-refractivity contribution in [1.82, 2.24) is 14.9 Å². The van der Waals surface area contributed by atoms with Gasteiger partial charge in [-0.05, 0) is 61.7 Å². The molecular weight excluding hydrogens is 382 g/mol. The van der Waals surface area contributed by atoms with Crippen molar-refractivity contribution in [2.75, 3.05) is 23.7 Å². The Morgan fingerprint density at radius 3 is 2.76 bits per heavy atom. The normalized spacial score (nSPS) is 15.2. The van der Waals surface area contributed by atoms with E-state index in [1.54, 1.807) is 12.4 Å². The van der Waals surface area contributed by atoms with E-state index in [9.17, 15) is 4.79 Å². The van der Waals surface area contributed by atoms with E-state index >= 15 is 0 Å². The maximum atomic E-state index is 12.4. The lowest BCUT2D eigenvalue weighted by atomic mass is 9.99. The van der Waals surface area contributed by atoms with E-state index in [-0.39, 0.29) is 6.03 Å². The van der Waals surface area contributed by atoms with Crippen LogP contribution < -0.4 is 10.6 Å². The van der Waals surface area contributed by atoms with Crippen LogP contribution in [0.3, 0.4) is 0 Å². The molecule has 1 aliphatic heterocycles. The SMILES string of the molecule is CC1CCN(Cc2cccc(NC(=O)Nc3csc(-c4ccncc4)n3)c2)CC1. The Bertz CT molecular complexity index is 951. The van der Waals surface area contributed by atoms with Crippen LogP contribution >= 0.6 is 11.3 Å². The number of carbonyl (C=O) groups is 1. The van der Waals surface area contributed by atoms with Crippen molar-refractivity contribution in [3.63, 3.8) is 0 Å². The number of thiazole rings is 1. The topological polar surface area (TPSA) is 70.2 Å². The highest BCUT2D eigenvalue weighted by atomic mass is 32.1. The number of amides is 2. The van der Waals surface area contributed by atoms with E-state index in [0.29, 0.717) is 5.82 Å². The molecule has 0 unspecified atom stereocenters. The van der Waals surface area contributed by atoms with Gasteiger partial charge in [-0.15, -0.1) is 11.3 Å². The van der Waals surface area contributed by atoms with Gasteiger partial charge in [0.05, 0.1) is 0 Å². The summed E-state index contributed by atoms with van der Waals surface area (Å²) in [5.41, 5.74) is 2.99. The summed E-state index contributed by atoms with van der Waals surface area (Å²) < 4.78 is 0. The molecule has 6 nitrogen and oxygen atoms in total. The van der Waals surface area contributed by atoms with Crippen LogP contribution in [0.5, 0.6) is 0 Å². The molecule has 0 bridgehead atoms. The van der Waals surface area contributed by atoms with E-state index in [2.05, 4.69) is 38.5 Å². The van der Waals surface area contributed by atoms with Gasteiger partial charge in [-0.3, -0.25) is 15.2 Å². The summed E-state index contributed by atoms with van der Waals surface area (Å²) in [6.07, 6.45) is 5.98. The summed E-state index contributed by atoms with van der Waals surface area (Å²) in [4.78, 5) is 23.4. The first kappa shape index (κ1) is 19.5.